The number of nitrogens with zero attached hydrogens (tertiary/aromatic N) is 1. The number of thiazole rings is 1. The molecule has 0 bridgehead atoms. The van der Waals surface area contributed by atoms with Crippen molar-refractivity contribution >= 4 is 34.3 Å². The van der Waals surface area contributed by atoms with E-state index in [-0.39, 0.29) is 0 Å². The van der Waals surface area contributed by atoms with Gasteiger partial charge >= 0.3 is 0 Å². The lowest BCUT2D eigenvalue weighted by molar-refractivity contribution is 0.556. The van der Waals surface area contributed by atoms with Crippen LogP contribution < -0.4 is 5.32 Å². The first-order chi connectivity index (χ1) is 8.19. The fraction of sp³-hybridized carbons (Fsp3) is 0.417. The summed E-state index contributed by atoms with van der Waals surface area (Å²) in [6.07, 6.45) is 0.934. The molecule has 5 heteroatoms. The van der Waals surface area contributed by atoms with Crippen LogP contribution in [0, 0.1) is 6.92 Å². The maximum absolute atomic E-state index is 5.99. The van der Waals surface area contributed by atoms with Crippen molar-refractivity contribution in [2.45, 2.75) is 26.3 Å². The van der Waals surface area contributed by atoms with Gasteiger partial charge in [0.05, 0.1) is 9.34 Å². The van der Waals surface area contributed by atoms with Crippen LogP contribution in [0.25, 0.3) is 0 Å². The molecule has 0 radical (unpaired) electrons. The molecule has 1 atom stereocenters. The van der Waals surface area contributed by atoms with Gasteiger partial charge in [-0.15, -0.1) is 22.7 Å². The van der Waals surface area contributed by atoms with Gasteiger partial charge in [0.2, 0.25) is 0 Å². The number of likely N-dealkylation sites (N-methyl/N-ethyl adjacent to an activating group) is 1. The molecule has 1 unspecified atom stereocenters. The van der Waals surface area contributed by atoms with Crippen molar-refractivity contribution < 1.29 is 0 Å². The average molecular weight is 287 g/mol. The Kier molecular flexibility index (Phi) is 4.56. The van der Waals surface area contributed by atoms with Crippen molar-refractivity contribution in [3.8, 4) is 0 Å². The minimum absolute atomic E-state index is 0.322. The summed E-state index contributed by atoms with van der Waals surface area (Å²) in [4.78, 5) is 5.80. The van der Waals surface area contributed by atoms with Crippen LogP contribution in [0.2, 0.25) is 4.34 Å². The van der Waals surface area contributed by atoms with Gasteiger partial charge < -0.3 is 5.32 Å². The van der Waals surface area contributed by atoms with E-state index in [4.69, 9.17) is 11.6 Å². The van der Waals surface area contributed by atoms with Gasteiger partial charge in [0.25, 0.3) is 0 Å². The standard InChI is InChI=1S/C12H15ClN2S2/c1-3-14-9(10-4-5-11(13)17-10)6-12-15-8(2)7-16-12/h4-5,7,9,14H,3,6H2,1-2H3. The lowest BCUT2D eigenvalue weighted by atomic mass is 10.2. The molecule has 17 heavy (non-hydrogen) atoms. The summed E-state index contributed by atoms with van der Waals surface area (Å²) in [5, 5.41) is 6.76. The third kappa shape index (κ3) is 3.52. The SMILES string of the molecule is CCNC(Cc1nc(C)cs1)c1ccc(Cl)s1. The summed E-state index contributed by atoms with van der Waals surface area (Å²) in [7, 11) is 0. The van der Waals surface area contributed by atoms with Crippen molar-refractivity contribution in [2.24, 2.45) is 0 Å². The Hall–Kier alpha value is -0.420. The van der Waals surface area contributed by atoms with Crippen LogP contribution in [0.4, 0.5) is 0 Å². The number of hydrogen-bond acceptors (Lipinski definition) is 4. The fourth-order valence-electron chi connectivity index (χ4n) is 1.71. The Morgan fingerprint density at radius 2 is 2.29 bits per heavy atom. The summed E-state index contributed by atoms with van der Waals surface area (Å²) in [6, 6.07) is 4.38. The van der Waals surface area contributed by atoms with E-state index in [1.165, 1.54) is 9.88 Å². The topological polar surface area (TPSA) is 24.9 Å². The molecule has 0 saturated heterocycles. The molecule has 0 aliphatic carbocycles. The number of aryl methyl sites for hydroxylation is 1. The molecular formula is C12H15ClN2S2. The molecule has 2 rings (SSSR count). The molecule has 0 spiro atoms. The van der Waals surface area contributed by atoms with E-state index in [0.29, 0.717) is 6.04 Å². The lowest BCUT2D eigenvalue weighted by Gasteiger charge is -2.14. The minimum Gasteiger partial charge on any atom is -0.309 e. The third-order valence-corrected chi connectivity index (χ3v) is 4.77. The second-order valence-corrected chi connectivity index (χ2v) is 6.53. The molecule has 2 heterocycles. The van der Waals surface area contributed by atoms with Crippen LogP contribution in [0.1, 0.15) is 28.5 Å². The smallest absolute Gasteiger partial charge is 0.0947 e. The average Bonchev–Trinajstić information content (AvgIpc) is 2.87. The summed E-state index contributed by atoms with van der Waals surface area (Å²) in [5.74, 6) is 0. The van der Waals surface area contributed by atoms with E-state index in [1.807, 2.05) is 13.0 Å². The molecule has 0 saturated carbocycles. The van der Waals surface area contributed by atoms with Gasteiger partial charge in [-0.1, -0.05) is 18.5 Å². The van der Waals surface area contributed by atoms with E-state index in [1.54, 1.807) is 22.7 Å². The first kappa shape index (κ1) is 13.0. The fourth-order valence-corrected chi connectivity index (χ4v) is 3.66. The van der Waals surface area contributed by atoms with Gasteiger partial charge in [-0.25, -0.2) is 4.98 Å². The number of hydrogen-bond donors (Lipinski definition) is 1. The zero-order valence-corrected chi connectivity index (χ0v) is 12.3. The van der Waals surface area contributed by atoms with Gasteiger partial charge in [-0.05, 0) is 25.6 Å². The highest BCUT2D eigenvalue weighted by Crippen LogP contribution is 2.29. The van der Waals surface area contributed by atoms with Crippen LogP contribution >= 0.6 is 34.3 Å². The van der Waals surface area contributed by atoms with Crippen molar-refractivity contribution in [1.82, 2.24) is 10.3 Å². The Morgan fingerprint density at radius 3 is 2.82 bits per heavy atom. The lowest BCUT2D eigenvalue weighted by Crippen LogP contribution is -2.22. The van der Waals surface area contributed by atoms with Crippen LogP contribution in [0.5, 0.6) is 0 Å². The van der Waals surface area contributed by atoms with Gasteiger partial charge in [-0.2, -0.15) is 0 Å². The number of aromatic nitrogens is 1. The normalized spacial score (nSPS) is 12.9. The van der Waals surface area contributed by atoms with E-state index >= 15 is 0 Å². The van der Waals surface area contributed by atoms with Gasteiger partial charge in [0, 0.05) is 28.4 Å². The zero-order valence-electron chi connectivity index (χ0n) is 9.87. The first-order valence-electron chi connectivity index (χ1n) is 5.58. The number of halogens is 1. The molecule has 0 amide bonds. The van der Waals surface area contributed by atoms with E-state index < -0.39 is 0 Å². The molecular weight excluding hydrogens is 272 g/mol. The Balaban J connectivity index is 2.12. The van der Waals surface area contributed by atoms with Crippen LogP contribution in [0.3, 0.4) is 0 Å². The maximum Gasteiger partial charge on any atom is 0.0947 e. The highest BCUT2D eigenvalue weighted by molar-refractivity contribution is 7.16. The van der Waals surface area contributed by atoms with Crippen molar-refractivity contribution in [2.75, 3.05) is 6.54 Å². The Morgan fingerprint density at radius 1 is 1.47 bits per heavy atom. The van der Waals surface area contributed by atoms with Crippen LogP contribution in [-0.2, 0) is 6.42 Å². The molecule has 2 aromatic rings. The third-order valence-electron chi connectivity index (χ3n) is 2.43. The minimum atomic E-state index is 0.322. The van der Waals surface area contributed by atoms with E-state index in [2.05, 4.69) is 28.7 Å². The van der Waals surface area contributed by atoms with Crippen molar-refractivity contribution in [1.29, 1.82) is 0 Å². The largest absolute Gasteiger partial charge is 0.309 e. The summed E-state index contributed by atoms with van der Waals surface area (Å²) in [6.45, 7) is 5.10. The molecule has 0 aromatic carbocycles. The first-order valence-corrected chi connectivity index (χ1v) is 7.66. The van der Waals surface area contributed by atoms with Crippen LogP contribution in [0.15, 0.2) is 17.5 Å². The number of thiophene rings is 1. The van der Waals surface area contributed by atoms with Gasteiger partial charge in [-0.3, -0.25) is 0 Å². The molecule has 0 fully saturated rings. The van der Waals surface area contributed by atoms with Gasteiger partial charge in [0.15, 0.2) is 0 Å². The van der Waals surface area contributed by atoms with E-state index in [9.17, 15) is 0 Å². The molecule has 1 N–H and O–H groups in total. The number of rotatable bonds is 5. The predicted octanol–water partition coefficient (Wildman–Crippen LogP) is 4.06. The van der Waals surface area contributed by atoms with Crippen molar-refractivity contribution in [3.05, 3.63) is 37.4 Å². The van der Waals surface area contributed by atoms with E-state index in [0.717, 1.165) is 23.0 Å². The Labute approximate surface area is 115 Å². The highest BCUT2D eigenvalue weighted by atomic mass is 35.5. The molecule has 92 valence electrons. The highest BCUT2D eigenvalue weighted by Gasteiger charge is 2.15. The van der Waals surface area contributed by atoms with Gasteiger partial charge in [0.1, 0.15) is 0 Å². The second-order valence-electron chi connectivity index (χ2n) is 3.84. The quantitative estimate of drug-likeness (QED) is 0.896. The van der Waals surface area contributed by atoms with Crippen molar-refractivity contribution in [3.63, 3.8) is 0 Å². The zero-order chi connectivity index (χ0) is 12.3. The molecule has 0 aliphatic heterocycles. The van der Waals surface area contributed by atoms with Crippen LogP contribution in [-0.4, -0.2) is 11.5 Å². The molecule has 2 aromatic heterocycles. The predicted molar refractivity (Wildman–Crippen MR) is 76.3 cm³/mol. The Bertz CT molecular complexity index is 478. The number of nitrogens with one attached hydrogen (secondary N) is 1. The molecule has 2 nitrogen and oxygen atoms in total. The summed E-state index contributed by atoms with van der Waals surface area (Å²) >= 11 is 9.36. The summed E-state index contributed by atoms with van der Waals surface area (Å²) < 4.78 is 0.846. The monoisotopic (exact) mass is 286 g/mol. The maximum atomic E-state index is 5.99. The summed E-state index contributed by atoms with van der Waals surface area (Å²) in [5.41, 5.74) is 1.10. The molecule has 0 aliphatic rings. The second kappa shape index (κ2) is 5.96.